The molecule has 0 aliphatic carbocycles. The van der Waals surface area contributed by atoms with Crippen molar-refractivity contribution < 1.29 is 18.3 Å². The van der Waals surface area contributed by atoms with Crippen molar-refractivity contribution in [1.29, 1.82) is 0 Å². The Morgan fingerprint density at radius 1 is 1.50 bits per heavy atom. The van der Waals surface area contributed by atoms with E-state index in [9.17, 15) is 13.6 Å². The minimum absolute atomic E-state index is 0.211. The Morgan fingerprint density at radius 3 is 2.71 bits per heavy atom. The van der Waals surface area contributed by atoms with Gasteiger partial charge in [-0.25, -0.2) is 8.78 Å². The van der Waals surface area contributed by atoms with Crippen molar-refractivity contribution >= 4 is 5.97 Å². The molecular formula is C9H9F2NO2. The lowest BCUT2D eigenvalue weighted by Gasteiger charge is -2.10. The molecule has 0 saturated carbocycles. The van der Waals surface area contributed by atoms with E-state index in [4.69, 9.17) is 5.73 Å². The predicted octanol–water partition coefficient (Wildman–Crippen LogP) is 1.14. The topological polar surface area (TPSA) is 52.3 Å². The number of benzene rings is 1. The summed E-state index contributed by atoms with van der Waals surface area (Å²) in [5, 5.41) is 0. The number of rotatable bonds is 2. The van der Waals surface area contributed by atoms with Crippen molar-refractivity contribution in [2.24, 2.45) is 5.73 Å². The van der Waals surface area contributed by atoms with Crippen molar-refractivity contribution in [3.05, 3.63) is 35.4 Å². The Bertz CT molecular complexity index is 355. The molecule has 0 amide bonds. The van der Waals surface area contributed by atoms with Crippen LogP contribution in [0.25, 0.3) is 0 Å². The first kappa shape index (κ1) is 10.6. The van der Waals surface area contributed by atoms with Gasteiger partial charge in [-0.2, -0.15) is 0 Å². The smallest absolute Gasteiger partial charge is 0.327 e. The summed E-state index contributed by atoms with van der Waals surface area (Å²) in [6.45, 7) is 0. The van der Waals surface area contributed by atoms with E-state index in [0.29, 0.717) is 0 Å². The third kappa shape index (κ3) is 2.05. The number of esters is 1. The third-order valence-corrected chi connectivity index (χ3v) is 1.75. The molecule has 1 aromatic rings. The monoisotopic (exact) mass is 201 g/mol. The van der Waals surface area contributed by atoms with Crippen LogP contribution in [0, 0.1) is 11.6 Å². The molecular weight excluding hydrogens is 192 g/mol. The summed E-state index contributed by atoms with van der Waals surface area (Å²) in [6, 6.07) is 1.43. The molecule has 0 spiro atoms. The fourth-order valence-electron chi connectivity index (χ4n) is 1.01. The molecule has 0 aliphatic rings. The van der Waals surface area contributed by atoms with Crippen LogP contribution in [0.5, 0.6) is 0 Å². The van der Waals surface area contributed by atoms with Gasteiger partial charge in [0.05, 0.1) is 7.11 Å². The molecule has 0 aliphatic heterocycles. The van der Waals surface area contributed by atoms with Crippen LogP contribution in [0.2, 0.25) is 0 Å². The van der Waals surface area contributed by atoms with Crippen LogP contribution < -0.4 is 5.73 Å². The van der Waals surface area contributed by atoms with Crippen molar-refractivity contribution in [1.82, 2.24) is 0 Å². The Morgan fingerprint density at radius 2 is 2.14 bits per heavy atom. The highest BCUT2D eigenvalue weighted by Gasteiger charge is 2.20. The van der Waals surface area contributed by atoms with Crippen LogP contribution >= 0.6 is 0 Å². The van der Waals surface area contributed by atoms with Crippen LogP contribution in [0.1, 0.15) is 11.6 Å². The molecule has 1 atom stereocenters. The molecule has 3 nitrogen and oxygen atoms in total. The fourth-order valence-corrected chi connectivity index (χ4v) is 1.01. The van der Waals surface area contributed by atoms with E-state index in [1.54, 1.807) is 0 Å². The van der Waals surface area contributed by atoms with Crippen molar-refractivity contribution in [3.63, 3.8) is 0 Å². The van der Waals surface area contributed by atoms with E-state index in [2.05, 4.69) is 4.74 Å². The first-order valence-electron chi connectivity index (χ1n) is 3.84. The van der Waals surface area contributed by atoms with Gasteiger partial charge >= 0.3 is 5.97 Å². The van der Waals surface area contributed by atoms with Gasteiger partial charge in [0.1, 0.15) is 17.7 Å². The van der Waals surface area contributed by atoms with Gasteiger partial charge in [0.2, 0.25) is 0 Å². The molecule has 5 heteroatoms. The normalized spacial score (nSPS) is 12.3. The van der Waals surface area contributed by atoms with E-state index in [1.807, 2.05) is 0 Å². The number of carbonyl (C=O) groups is 1. The van der Waals surface area contributed by atoms with Crippen molar-refractivity contribution in [3.8, 4) is 0 Å². The average molecular weight is 201 g/mol. The molecule has 1 rings (SSSR count). The zero-order chi connectivity index (χ0) is 10.7. The lowest BCUT2D eigenvalue weighted by molar-refractivity contribution is -0.142. The lowest BCUT2D eigenvalue weighted by Crippen LogP contribution is -2.23. The van der Waals surface area contributed by atoms with Gasteiger partial charge in [-0.15, -0.1) is 0 Å². The van der Waals surface area contributed by atoms with E-state index >= 15 is 0 Å². The molecule has 0 saturated heterocycles. The van der Waals surface area contributed by atoms with Crippen LogP contribution in [0.3, 0.4) is 0 Å². The number of ether oxygens (including phenoxy) is 1. The number of hydrogen-bond acceptors (Lipinski definition) is 3. The molecule has 0 aromatic heterocycles. The SMILES string of the molecule is COC(=O)[C@@H](N)c1cc(F)ccc1F. The minimum atomic E-state index is -1.30. The predicted molar refractivity (Wildman–Crippen MR) is 45.3 cm³/mol. The maximum absolute atomic E-state index is 13.1. The first-order chi connectivity index (χ1) is 6.56. The van der Waals surface area contributed by atoms with Crippen molar-refractivity contribution in [2.45, 2.75) is 6.04 Å². The van der Waals surface area contributed by atoms with Crippen LogP contribution in [0.4, 0.5) is 8.78 Å². The van der Waals surface area contributed by atoms with E-state index < -0.39 is 23.6 Å². The third-order valence-electron chi connectivity index (χ3n) is 1.75. The lowest BCUT2D eigenvalue weighted by atomic mass is 10.1. The number of nitrogens with two attached hydrogens (primary N) is 1. The highest BCUT2D eigenvalue weighted by Crippen LogP contribution is 2.17. The Hall–Kier alpha value is -1.49. The molecule has 0 heterocycles. The van der Waals surface area contributed by atoms with Crippen LogP contribution in [-0.2, 0) is 9.53 Å². The number of methoxy groups -OCH3 is 1. The van der Waals surface area contributed by atoms with Gasteiger partial charge in [0, 0.05) is 5.56 Å². The van der Waals surface area contributed by atoms with E-state index in [-0.39, 0.29) is 5.56 Å². The van der Waals surface area contributed by atoms with Gasteiger partial charge < -0.3 is 10.5 Å². The summed E-state index contributed by atoms with van der Waals surface area (Å²) in [5.74, 6) is -2.19. The molecule has 0 bridgehead atoms. The highest BCUT2D eigenvalue weighted by atomic mass is 19.1. The summed E-state index contributed by atoms with van der Waals surface area (Å²) < 4.78 is 30.1. The van der Waals surface area contributed by atoms with Crippen molar-refractivity contribution in [2.75, 3.05) is 7.11 Å². The van der Waals surface area contributed by atoms with E-state index in [1.165, 1.54) is 0 Å². The summed E-state index contributed by atoms with van der Waals surface area (Å²) in [7, 11) is 1.12. The fraction of sp³-hybridized carbons (Fsp3) is 0.222. The number of hydrogen-bond donors (Lipinski definition) is 1. The quantitative estimate of drug-likeness (QED) is 0.730. The van der Waals surface area contributed by atoms with Crippen LogP contribution in [-0.4, -0.2) is 13.1 Å². The summed E-state index contributed by atoms with van der Waals surface area (Å²) in [4.78, 5) is 10.9. The second-order valence-corrected chi connectivity index (χ2v) is 2.67. The molecule has 2 N–H and O–H groups in total. The maximum Gasteiger partial charge on any atom is 0.327 e. The van der Waals surface area contributed by atoms with Gasteiger partial charge in [-0.3, -0.25) is 4.79 Å². The zero-order valence-corrected chi connectivity index (χ0v) is 7.46. The molecule has 1 aromatic carbocycles. The minimum Gasteiger partial charge on any atom is -0.468 e. The summed E-state index contributed by atoms with van der Waals surface area (Å²) in [5.41, 5.74) is 5.13. The zero-order valence-electron chi connectivity index (χ0n) is 7.46. The second-order valence-electron chi connectivity index (χ2n) is 2.67. The average Bonchev–Trinajstić information content (AvgIpc) is 2.19. The highest BCUT2D eigenvalue weighted by molar-refractivity contribution is 5.77. The Labute approximate surface area is 79.5 Å². The first-order valence-corrected chi connectivity index (χ1v) is 3.84. The number of carbonyl (C=O) groups excluding carboxylic acids is 1. The van der Waals surface area contributed by atoms with Gasteiger partial charge in [-0.1, -0.05) is 0 Å². The molecule has 14 heavy (non-hydrogen) atoms. The largest absolute Gasteiger partial charge is 0.468 e. The Kier molecular flexibility index (Phi) is 3.14. The van der Waals surface area contributed by atoms with E-state index in [0.717, 1.165) is 25.3 Å². The Balaban J connectivity index is 3.05. The molecule has 0 unspecified atom stereocenters. The molecule has 76 valence electrons. The molecule has 0 fully saturated rings. The van der Waals surface area contributed by atoms with Gasteiger partial charge in [0.25, 0.3) is 0 Å². The number of halogens is 2. The second kappa shape index (κ2) is 4.15. The van der Waals surface area contributed by atoms with Gasteiger partial charge in [0.15, 0.2) is 0 Å². The maximum atomic E-state index is 13.1. The van der Waals surface area contributed by atoms with Gasteiger partial charge in [-0.05, 0) is 18.2 Å². The summed E-state index contributed by atoms with van der Waals surface area (Å²) >= 11 is 0. The summed E-state index contributed by atoms with van der Waals surface area (Å²) in [6.07, 6.45) is 0. The molecule has 0 radical (unpaired) electrons. The van der Waals surface area contributed by atoms with Crippen LogP contribution in [0.15, 0.2) is 18.2 Å². The standard InChI is InChI=1S/C9H9F2NO2/c1-14-9(13)8(12)6-4-5(10)2-3-7(6)11/h2-4,8H,12H2,1H3/t8-/m0/s1.